The van der Waals surface area contributed by atoms with E-state index in [0.29, 0.717) is 12.5 Å². The van der Waals surface area contributed by atoms with Gasteiger partial charge in [0.2, 0.25) is 0 Å². The van der Waals surface area contributed by atoms with Crippen molar-refractivity contribution in [2.24, 2.45) is 5.92 Å². The fourth-order valence-corrected chi connectivity index (χ4v) is 1.65. The van der Waals surface area contributed by atoms with Gasteiger partial charge in [0.05, 0.1) is 17.6 Å². The Morgan fingerprint density at radius 1 is 1.42 bits per heavy atom. The number of nitro groups is 1. The smallest absolute Gasteiger partial charge is 0.339 e. The Morgan fingerprint density at radius 3 is 2.53 bits per heavy atom. The van der Waals surface area contributed by atoms with Crippen LogP contribution < -0.4 is 4.74 Å². The van der Waals surface area contributed by atoms with Crippen LogP contribution in [0.5, 0.6) is 5.75 Å². The van der Waals surface area contributed by atoms with Crippen molar-refractivity contribution in [1.82, 2.24) is 0 Å². The molecule has 6 heteroatoms. The lowest BCUT2D eigenvalue weighted by Gasteiger charge is -2.14. The van der Waals surface area contributed by atoms with Gasteiger partial charge in [0.25, 0.3) is 5.69 Å². The predicted molar refractivity (Wildman–Crippen MR) is 69.6 cm³/mol. The molecule has 1 aromatic rings. The zero-order valence-electron chi connectivity index (χ0n) is 11.0. The highest BCUT2D eigenvalue weighted by molar-refractivity contribution is 5.91. The molecular weight excluding hydrogens is 250 g/mol. The molecule has 0 radical (unpaired) electrons. The monoisotopic (exact) mass is 267 g/mol. The second-order valence-electron chi connectivity index (χ2n) is 4.24. The van der Waals surface area contributed by atoms with Gasteiger partial charge in [0, 0.05) is 6.07 Å². The number of carboxylic acids is 1. The highest BCUT2D eigenvalue weighted by Crippen LogP contribution is 2.26. The van der Waals surface area contributed by atoms with Gasteiger partial charge in [-0.3, -0.25) is 10.1 Å². The summed E-state index contributed by atoms with van der Waals surface area (Å²) in [5, 5.41) is 19.7. The van der Waals surface area contributed by atoms with Gasteiger partial charge in [-0.25, -0.2) is 4.79 Å². The van der Waals surface area contributed by atoms with Gasteiger partial charge in [-0.15, -0.1) is 0 Å². The van der Waals surface area contributed by atoms with E-state index in [1.807, 2.05) is 13.8 Å². The highest BCUT2D eigenvalue weighted by atomic mass is 16.6. The van der Waals surface area contributed by atoms with Crippen LogP contribution in [0.3, 0.4) is 0 Å². The fraction of sp³-hybridized carbons (Fsp3) is 0.462. The van der Waals surface area contributed by atoms with Gasteiger partial charge < -0.3 is 9.84 Å². The van der Waals surface area contributed by atoms with E-state index in [4.69, 9.17) is 9.84 Å². The molecule has 1 N–H and O–H groups in total. The van der Waals surface area contributed by atoms with E-state index in [2.05, 4.69) is 0 Å². The molecule has 19 heavy (non-hydrogen) atoms. The van der Waals surface area contributed by atoms with E-state index in [0.717, 1.165) is 25.0 Å². The molecule has 1 rings (SSSR count). The maximum atomic E-state index is 11.0. The van der Waals surface area contributed by atoms with Gasteiger partial charge >= 0.3 is 5.97 Å². The number of non-ortho nitro benzene ring substituents is 1. The summed E-state index contributed by atoms with van der Waals surface area (Å²) >= 11 is 0. The van der Waals surface area contributed by atoms with Crippen molar-refractivity contribution in [2.45, 2.75) is 26.7 Å². The molecule has 6 nitrogen and oxygen atoms in total. The molecule has 0 aliphatic rings. The molecule has 0 aliphatic carbocycles. The van der Waals surface area contributed by atoms with Crippen molar-refractivity contribution >= 4 is 11.7 Å². The Balaban J connectivity index is 2.97. The number of benzene rings is 1. The van der Waals surface area contributed by atoms with Crippen LogP contribution in [0.2, 0.25) is 0 Å². The molecule has 104 valence electrons. The van der Waals surface area contributed by atoms with Crippen molar-refractivity contribution in [2.75, 3.05) is 6.61 Å². The Kier molecular flexibility index (Phi) is 5.29. The van der Waals surface area contributed by atoms with Crippen LogP contribution in [0, 0.1) is 16.0 Å². The number of ether oxygens (including phenoxy) is 1. The maximum Gasteiger partial charge on any atom is 0.339 e. The van der Waals surface area contributed by atoms with Crippen molar-refractivity contribution < 1.29 is 19.6 Å². The molecule has 0 saturated heterocycles. The number of rotatable bonds is 7. The van der Waals surface area contributed by atoms with Crippen molar-refractivity contribution in [1.29, 1.82) is 0 Å². The molecule has 0 fully saturated rings. The minimum atomic E-state index is -1.16. The summed E-state index contributed by atoms with van der Waals surface area (Å²) in [6.07, 6.45) is 1.82. The molecule has 0 unspecified atom stereocenters. The predicted octanol–water partition coefficient (Wildman–Crippen LogP) is 3.11. The first-order valence-corrected chi connectivity index (χ1v) is 6.14. The molecule has 0 saturated carbocycles. The molecule has 0 amide bonds. The van der Waals surface area contributed by atoms with E-state index < -0.39 is 10.9 Å². The fourth-order valence-electron chi connectivity index (χ4n) is 1.65. The van der Waals surface area contributed by atoms with Crippen molar-refractivity contribution in [3.8, 4) is 5.75 Å². The molecule has 0 spiro atoms. The summed E-state index contributed by atoms with van der Waals surface area (Å²) in [5.74, 6) is -0.802. The summed E-state index contributed by atoms with van der Waals surface area (Å²) in [5.41, 5.74) is -0.235. The van der Waals surface area contributed by atoms with E-state index in [9.17, 15) is 14.9 Å². The second-order valence-corrected chi connectivity index (χ2v) is 4.24. The lowest BCUT2D eigenvalue weighted by molar-refractivity contribution is -0.384. The number of carboxylic acid groups (broad SMARTS) is 1. The largest absolute Gasteiger partial charge is 0.492 e. The van der Waals surface area contributed by atoms with E-state index in [1.54, 1.807) is 0 Å². The first kappa shape index (κ1) is 14.9. The van der Waals surface area contributed by atoms with Gasteiger partial charge in [-0.05, 0) is 12.0 Å². The molecule has 0 aliphatic heterocycles. The first-order chi connectivity index (χ1) is 8.99. The number of nitro benzene ring substituents is 1. The number of aromatic carboxylic acids is 1. The van der Waals surface area contributed by atoms with Crippen LogP contribution in [0.1, 0.15) is 37.0 Å². The van der Waals surface area contributed by atoms with E-state index in [-0.39, 0.29) is 17.0 Å². The molecule has 0 bridgehead atoms. The van der Waals surface area contributed by atoms with Crippen LogP contribution >= 0.6 is 0 Å². The van der Waals surface area contributed by atoms with Crippen molar-refractivity contribution in [3.05, 3.63) is 33.9 Å². The standard InChI is InChI=1S/C13H17NO5/c1-3-9(4-2)8-19-12-7-10(14(17)18)5-6-11(12)13(15)16/h5-7,9H,3-4,8H2,1-2H3,(H,15,16). The Morgan fingerprint density at radius 2 is 2.05 bits per heavy atom. The SMILES string of the molecule is CCC(CC)COc1cc([N+](=O)[O-])ccc1C(=O)O. The normalized spacial score (nSPS) is 10.5. The third-order valence-electron chi connectivity index (χ3n) is 3.04. The van der Waals surface area contributed by atoms with Crippen LogP contribution in [0.4, 0.5) is 5.69 Å². The first-order valence-electron chi connectivity index (χ1n) is 6.14. The summed E-state index contributed by atoms with van der Waals surface area (Å²) < 4.78 is 5.45. The zero-order chi connectivity index (χ0) is 14.4. The van der Waals surface area contributed by atoms with Gasteiger partial charge in [-0.1, -0.05) is 26.7 Å². The highest BCUT2D eigenvalue weighted by Gasteiger charge is 2.17. The summed E-state index contributed by atoms with van der Waals surface area (Å²) in [6, 6.07) is 3.52. The minimum Gasteiger partial charge on any atom is -0.492 e. The van der Waals surface area contributed by atoms with Gasteiger partial charge in [-0.2, -0.15) is 0 Å². The molecule has 0 aromatic heterocycles. The Bertz CT molecular complexity index is 468. The lowest BCUT2D eigenvalue weighted by Crippen LogP contribution is -2.12. The van der Waals surface area contributed by atoms with E-state index in [1.165, 1.54) is 6.07 Å². The average molecular weight is 267 g/mol. The number of hydrogen-bond acceptors (Lipinski definition) is 4. The Labute approximate surface area is 111 Å². The Hall–Kier alpha value is -2.11. The number of hydrogen-bond donors (Lipinski definition) is 1. The molecule has 0 heterocycles. The second kappa shape index (κ2) is 6.72. The summed E-state index contributed by atoms with van der Waals surface area (Å²) in [7, 11) is 0. The van der Waals surface area contributed by atoms with Crippen molar-refractivity contribution in [3.63, 3.8) is 0 Å². The zero-order valence-corrected chi connectivity index (χ0v) is 11.0. The van der Waals surface area contributed by atoms with Crippen LogP contribution in [-0.4, -0.2) is 22.6 Å². The van der Waals surface area contributed by atoms with E-state index >= 15 is 0 Å². The van der Waals surface area contributed by atoms with Crippen LogP contribution in [0.15, 0.2) is 18.2 Å². The van der Waals surface area contributed by atoms with Gasteiger partial charge in [0.15, 0.2) is 0 Å². The number of carbonyl (C=O) groups is 1. The summed E-state index contributed by atoms with van der Waals surface area (Å²) in [4.78, 5) is 21.2. The van der Waals surface area contributed by atoms with Gasteiger partial charge in [0.1, 0.15) is 11.3 Å². The summed E-state index contributed by atoms with van der Waals surface area (Å²) in [6.45, 7) is 4.39. The minimum absolute atomic E-state index is 0.0496. The van der Waals surface area contributed by atoms with Crippen LogP contribution in [-0.2, 0) is 0 Å². The number of nitrogens with zero attached hydrogens (tertiary/aromatic N) is 1. The van der Waals surface area contributed by atoms with Crippen LogP contribution in [0.25, 0.3) is 0 Å². The topological polar surface area (TPSA) is 89.7 Å². The third-order valence-corrected chi connectivity index (χ3v) is 3.04. The lowest BCUT2D eigenvalue weighted by atomic mass is 10.1. The molecule has 1 aromatic carbocycles. The molecule has 0 atom stereocenters. The quantitative estimate of drug-likeness (QED) is 0.605. The maximum absolute atomic E-state index is 11.0. The molecular formula is C13H17NO5. The third kappa shape index (κ3) is 3.94. The average Bonchev–Trinajstić information content (AvgIpc) is 2.39.